The number of carbonyl (C=O) groups is 1. The third-order valence-corrected chi connectivity index (χ3v) is 5.96. The maximum absolute atomic E-state index is 12.7. The van der Waals surface area contributed by atoms with Gasteiger partial charge in [-0.1, -0.05) is 44.5 Å². The van der Waals surface area contributed by atoms with Crippen molar-refractivity contribution in [2.45, 2.75) is 39.7 Å². The van der Waals surface area contributed by atoms with Crippen LogP contribution in [0.5, 0.6) is 11.5 Å². The molecule has 0 aliphatic rings. The number of nitrogens with one attached hydrogen (secondary N) is 1. The minimum atomic E-state index is -0.230. The van der Waals surface area contributed by atoms with Crippen LogP contribution < -0.4 is 14.8 Å². The van der Waals surface area contributed by atoms with Crippen LogP contribution >= 0.6 is 22.9 Å². The Morgan fingerprint density at radius 3 is 2.47 bits per heavy atom. The van der Waals surface area contributed by atoms with Gasteiger partial charge in [0, 0.05) is 5.69 Å². The van der Waals surface area contributed by atoms with Crippen LogP contribution in [0, 0.1) is 6.92 Å². The summed E-state index contributed by atoms with van der Waals surface area (Å²) in [5.41, 5.74) is 2.60. The molecule has 0 saturated carbocycles. The lowest BCUT2D eigenvalue weighted by molar-refractivity contribution is 0.103. The van der Waals surface area contributed by atoms with E-state index in [-0.39, 0.29) is 11.3 Å². The molecule has 0 unspecified atom stereocenters. The molecular formula is C23H25ClN2O3S. The van der Waals surface area contributed by atoms with Gasteiger partial charge in [-0.3, -0.25) is 4.79 Å². The quantitative estimate of drug-likeness (QED) is 0.488. The summed E-state index contributed by atoms with van der Waals surface area (Å²) in [4.78, 5) is 17.7. The van der Waals surface area contributed by atoms with E-state index in [1.807, 2.05) is 19.1 Å². The van der Waals surface area contributed by atoms with Crippen LogP contribution in [0.2, 0.25) is 5.02 Å². The number of anilines is 1. The van der Waals surface area contributed by atoms with Gasteiger partial charge >= 0.3 is 0 Å². The zero-order chi connectivity index (χ0) is 21.9. The Bertz CT molecular complexity index is 1040. The average molecular weight is 445 g/mol. The molecule has 0 radical (unpaired) electrons. The van der Waals surface area contributed by atoms with E-state index in [0.717, 1.165) is 10.8 Å². The van der Waals surface area contributed by atoms with Gasteiger partial charge in [0.05, 0.1) is 17.8 Å². The predicted octanol–water partition coefficient (Wildman–Crippen LogP) is 6.24. The third-order valence-electron chi connectivity index (χ3n) is 4.54. The largest absolute Gasteiger partial charge is 0.495 e. The van der Waals surface area contributed by atoms with Gasteiger partial charge in [0.1, 0.15) is 28.0 Å². The second kappa shape index (κ2) is 9.06. The van der Waals surface area contributed by atoms with Crippen LogP contribution in [0.1, 0.15) is 46.7 Å². The first-order chi connectivity index (χ1) is 14.2. The molecule has 3 rings (SSSR count). The van der Waals surface area contributed by atoms with Crippen molar-refractivity contribution in [1.29, 1.82) is 0 Å². The van der Waals surface area contributed by atoms with Crippen molar-refractivity contribution in [2.75, 3.05) is 12.4 Å². The molecule has 7 heteroatoms. The molecule has 0 spiro atoms. The van der Waals surface area contributed by atoms with Crippen LogP contribution in [0.25, 0.3) is 0 Å². The number of methoxy groups -OCH3 is 1. The number of aryl methyl sites for hydroxylation is 1. The van der Waals surface area contributed by atoms with Gasteiger partial charge in [-0.25, -0.2) is 4.98 Å². The zero-order valence-corrected chi connectivity index (χ0v) is 19.3. The summed E-state index contributed by atoms with van der Waals surface area (Å²) in [5, 5.41) is 4.02. The summed E-state index contributed by atoms with van der Waals surface area (Å²) < 4.78 is 11.0. The Morgan fingerprint density at radius 2 is 1.87 bits per heavy atom. The van der Waals surface area contributed by atoms with Gasteiger partial charge in [0.25, 0.3) is 5.91 Å². The minimum absolute atomic E-state index is 0.0985. The maximum atomic E-state index is 12.7. The van der Waals surface area contributed by atoms with E-state index in [0.29, 0.717) is 33.6 Å². The lowest BCUT2D eigenvalue weighted by Gasteiger charge is -2.19. The molecule has 0 bridgehead atoms. The van der Waals surface area contributed by atoms with Gasteiger partial charge in [0.15, 0.2) is 0 Å². The number of thiazole rings is 1. The number of benzene rings is 2. The molecule has 1 amide bonds. The highest BCUT2D eigenvalue weighted by atomic mass is 35.5. The number of nitrogens with zero attached hydrogens (tertiary/aromatic N) is 1. The standard InChI is InChI=1S/C23H25ClN2O3S/c1-14-21(22(27)26-16-8-11-19(28-5)18(24)12-16)30-20(25-14)13-29-17-9-6-15(7-10-17)23(2,3)4/h6-12H,13H2,1-5H3,(H,26,27). The number of carbonyl (C=O) groups excluding carboxylic acids is 1. The number of halogens is 1. The summed E-state index contributed by atoms with van der Waals surface area (Å²) in [6, 6.07) is 13.2. The van der Waals surface area contributed by atoms with Crippen molar-refractivity contribution in [1.82, 2.24) is 4.98 Å². The Hall–Kier alpha value is -2.57. The van der Waals surface area contributed by atoms with E-state index in [9.17, 15) is 4.79 Å². The second-order valence-electron chi connectivity index (χ2n) is 7.89. The van der Waals surface area contributed by atoms with Gasteiger partial charge in [-0.2, -0.15) is 0 Å². The van der Waals surface area contributed by atoms with Crippen molar-refractivity contribution >= 4 is 34.5 Å². The fourth-order valence-corrected chi connectivity index (χ4v) is 3.98. The Kier molecular flexibility index (Phi) is 6.68. The molecular weight excluding hydrogens is 420 g/mol. The van der Waals surface area contributed by atoms with Crippen LogP contribution in [0.3, 0.4) is 0 Å². The minimum Gasteiger partial charge on any atom is -0.495 e. The van der Waals surface area contributed by atoms with E-state index >= 15 is 0 Å². The van der Waals surface area contributed by atoms with Gasteiger partial charge < -0.3 is 14.8 Å². The molecule has 1 N–H and O–H groups in total. The first-order valence-corrected chi connectivity index (χ1v) is 10.7. The van der Waals surface area contributed by atoms with Crippen molar-refractivity contribution in [2.24, 2.45) is 0 Å². The number of hydrogen-bond donors (Lipinski definition) is 1. The predicted molar refractivity (Wildman–Crippen MR) is 122 cm³/mol. The van der Waals surface area contributed by atoms with Crippen molar-refractivity contribution in [3.63, 3.8) is 0 Å². The molecule has 5 nitrogen and oxygen atoms in total. The van der Waals surface area contributed by atoms with Gasteiger partial charge in [-0.05, 0) is 48.2 Å². The van der Waals surface area contributed by atoms with E-state index in [2.05, 4.69) is 43.2 Å². The fourth-order valence-electron chi connectivity index (χ4n) is 2.85. The van der Waals surface area contributed by atoms with E-state index in [4.69, 9.17) is 21.1 Å². The average Bonchev–Trinajstić information content (AvgIpc) is 3.07. The number of aromatic nitrogens is 1. The number of hydrogen-bond acceptors (Lipinski definition) is 5. The summed E-state index contributed by atoms with van der Waals surface area (Å²) >= 11 is 7.45. The fraction of sp³-hybridized carbons (Fsp3) is 0.304. The maximum Gasteiger partial charge on any atom is 0.267 e. The monoisotopic (exact) mass is 444 g/mol. The molecule has 3 aromatic rings. The summed E-state index contributed by atoms with van der Waals surface area (Å²) in [5.74, 6) is 1.10. The summed E-state index contributed by atoms with van der Waals surface area (Å²) in [6.45, 7) is 8.64. The molecule has 30 heavy (non-hydrogen) atoms. The first-order valence-electron chi connectivity index (χ1n) is 9.52. The normalized spacial score (nSPS) is 11.3. The first kappa shape index (κ1) is 22.1. The number of amides is 1. The topological polar surface area (TPSA) is 60.5 Å². The second-order valence-corrected chi connectivity index (χ2v) is 9.38. The van der Waals surface area contributed by atoms with Gasteiger partial charge in [-0.15, -0.1) is 11.3 Å². The molecule has 1 heterocycles. The highest BCUT2D eigenvalue weighted by molar-refractivity contribution is 7.13. The summed E-state index contributed by atoms with van der Waals surface area (Å²) in [7, 11) is 1.54. The van der Waals surface area contributed by atoms with E-state index in [1.54, 1.807) is 25.3 Å². The van der Waals surface area contributed by atoms with Gasteiger partial charge in [0.2, 0.25) is 0 Å². The molecule has 0 aliphatic carbocycles. The third kappa shape index (κ3) is 5.32. The zero-order valence-electron chi connectivity index (χ0n) is 17.7. The lowest BCUT2D eigenvalue weighted by Crippen LogP contribution is -2.11. The van der Waals surface area contributed by atoms with E-state index < -0.39 is 0 Å². The molecule has 0 atom stereocenters. The molecule has 0 saturated heterocycles. The van der Waals surface area contributed by atoms with Crippen molar-refractivity contribution in [3.8, 4) is 11.5 Å². The molecule has 158 valence electrons. The molecule has 2 aromatic carbocycles. The van der Waals surface area contributed by atoms with Crippen LogP contribution in [0.15, 0.2) is 42.5 Å². The highest BCUT2D eigenvalue weighted by Crippen LogP contribution is 2.29. The lowest BCUT2D eigenvalue weighted by atomic mass is 9.87. The van der Waals surface area contributed by atoms with E-state index in [1.165, 1.54) is 16.9 Å². The van der Waals surface area contributed by atoms with Crippen LogP contribution in [0.4, 0.5) is 5.69 Å². The van der Waals surface area contributed by atoms with Crippen LogP contribution in [-0.2, 0) is 12.0 Å². The highest BCUT2D eigenvalue weighted by Gasteiger charge is 2.17. The Balaban J connectivity index is 1.64. The SMILES string of the molecule is COc1ccc(NC(=O)c2sc(COc3ccc(C(C)(C)C)cc3)nc2C)cc1Cl. The Labute approximate surface area is 186 Å². The molecule has 0 aliphatic heterocycles. The molecule has 1 aromatic heterocycles. The van der Waals surface area contributed by atoms with Crippen LogP contribution in [-0.4, -0.2) is 18.0 Å². The molecule has 0 fully saturated rings. The number of ether oxygens (including phenoxy) is 2. The Morgan fingerprint density at radius 1 is 1.17 bits per heavy atom. The van der Waals surface area contributed by atoms with Crippen molar-refractivity contribution < 1.29 is 14.3 Å². The number of rotatable bonds is 6. The van der Waals surface area contributed by atoms with Crippen molar-refractivity contribution in [3.05, 3.63) is 68.6 Å². The smallest absolute Gasteiger partial charge is 0.267 e. The summed E-state index contributed by atoms with van der Waals surface area (Å²) in [6.07, 6.45) is 0.